The maximum Gasteiger partial charge on any atom is 0.192 e. The molecule has 1 unspecified atom stereocenters. The van der Waals surface area contributed by atoms with E-state index in [1.165, 1.54) is 11.8 Å². The first kappa shape index (κ1) is 19.2. The van der Waals surface area contributed by atoms with Crippen molar-refractivity contribution in [2.24, 2.45) is 0 Å². The molecule has 2 aromatic carbocycles. The number of thioether (sulfide) groups is 1. The van der Waals surface area contributed by atoms with Gasteiger partial charge in [0.25, 0.3) is 0 Å². The molecule has 5 nitrogen and oxygen atoms in total. The second-order valence-electron chi connectivity index (χ2n) is 6.00. The number of ketones is 1. The molecule has 6 heteroatoms. The summed E-state index contributed by atoms with van der Waals surface area (Å²) in [5.41, 5.74) is 1.69. The number of ether oxygens (including phenoxy) is 1. The van der Waals surface area contributed by atoms with E-state index in [1.54, 1.807) is 0 Å². The van der Waals surface area contributed by atoms with Crippen LogP contribution in [0.5, 0.6) is 5.75 Å². The molecular formula is C21H23N3O2S. The zero-order chi connectivity index (χ0) is 19.2. The van der Waals surface area contributed by atoms with E-state index < -0.39 is 0 Å². The highest BCUT2D eigenvalue weighted by molar-refractivity contribution is 8.00. The van der Waals surface area contributed by atoms with E-state index in [1.807, 2.05) is 73.0 Å². The molecule has 0 aliphatic carbocycles. The van der Waals surface area contributed by atoms with Crippen LogP contribution in [0.15, 0.2) is 59.8 Å². The molecule has 140 valence electrons. The van der Waals surface area contributed by atoms with Gasteiger partial charge in [0, 0.05) is 17.7 Å². The van der Waals surface area contributed by atoms with Crippen molar-refractivity contribution in [2.45, 2.75) is 37.7 Å². The predicted molar refractivity (Wildman–Crippen MR) is 108 cm³/mol. The van der Waals surface area contributed by atoms with E-state index in [9.17, 15) is 4.79 Å². The minimum atomic E-state index is -0.263. The molecule has 0 aliphatic rings. The highest BCUT2D eigenvalue weighted by atomic mass is 32.2. The van der Waals surface area contributed by atoms with Gasteiger partial charge in [-0.15, -0.1) is 10.2 Å². The van der Waals surface area contributed by atoms with E-state index in [2.05, 4.69) is 17.1 Å². The van der Waals surface area contributed by atoms with Crippen molar-refractivity contribution in [2.75, 3.05) is 6.61 Å². The lowest BCUT2D eigenvalue weighted by Gasteiger charge is -2.12. The highest BCUT2D eigenvalue weighted by Crippen LogP contribution is 2.28. The van der Waals surface area contributed by atoms with Gasteiger partial charge in [-0.2, -0.15) is 0 Å². The van der Waals surface area contributed by atoms with Gasteiger partial charge >= 0.3 is 0 Å². The van der Waals surface area contributed by atoms with Crippen molar-refractivity contribution in [3.05, 3.63) is 60.2 Å². The van der Waals surface area contributed by atoms with Crippen LogP contribution in [-0.2, 0) is 6.54 Å². The van der Waals surface area contributed by atoms with Crippen LogP contribution in [0.2, 0.25) is 0 Å². The summed E-state index contributed by atoms with van der Waals surface area (Å²) >= 11 is 1.44. The Bertz CT molecular complexity index is 892. The Labute approximate surface area is 163 Å². The third-order valence-electron chi connectivity index (χ3n) is 4.17. The lowest BCUT2D eigenvalue weighted by Crippen LogP contribution is -2.14. The average molecular weight is 382 g/mol. The van der Waals surface area contributed by atoms with Crippen LogP contribution in [-0.4, -0.2) is 32.4 Å². The molecule has 3 aromatic rings. The summed E-state index contributed by atoms with van der Waals surface area (Å²) in [5, 5.41) is 9.15. The first-order valence-corrected chi connectivity index (χ1v) is 9.94. The number of benzene rings is 2. The van der Waals surface area contributed by atoms with E-state index in [0.717, 1.165) is 28.8 Å². The first-order chi connectivity index (χ1) is 13.1. The molecule has 1 heterocycles. The number of hydrogen-bond acceptors (Lipinski definition) is 5. The monoisotopic (exact) mass is 381 g/mol. The molecule has 0 aliphatic heterocycles. The van der Waals surface area contributed by atoms with E-state index >= 15 is 0 Å². The van der Waals surface area contributed by atoms with Gasteiger partial charge in [-0.1, -0.05) is 42.1 Å². The Hall–Kier alpha value is -2.60. The summed E-state index contributed by atoms with van der Waals surface area (Å²) in [6, 6.07) is 17.2. The normalized spacial score (nSPS) is 12.0. The van der Waals surface area contributed by atoms with Gasteiger partial charge in [0.15, 0.2) is 16.8 Å². The molecule has 1 atom stereocenters. The van der Waals surface area contributed by atoms with Gasteiger partial charge in [-0.05, 0) is 45.0 Å². The van der Waals surface area contributed by atoms with E-state index in [4.69, 9.17) is 4.74 Å². The van der Waals surface area contributed by atoms with Crippen LogP contribution in [0.4, 0.5) is 0 Å². The second kappa shape index (κ2) is 8.86. The summed E-state index contributed by atoms with van der Waals surface area (Å²) in [5.74, 6) is 1.66. The Morgan fingerprint density at radius 2 is 1.78 bits per heavy atom. The summed E-state index contributed by atoms with van der Waals surface area (Å²) < 4.78 is 7.48. The number of aromatic nitrogens is 3. The summed E-state index contributed by atoms with van der Waals surface area (Å²) in [7, 11) is 0. The van der Waals surface area contributed by atoms with E-state index in [-0.39, 0.29) is 11.0 Å². The Kier molecular flexibility index (Phi) is 6.29. The summed E-state index contributed by atoms with van der Waals surface area (Å²) in [6.07, 6.45) is 0. The van der Waals surface area contributed by atoms with Crippen LogP contribution in [0.3, 0.4) is 0 Å². The molecule has 0 bridgehead atoms. The number of Topliss-reactive ketones (excluding diaryl/α,β-unsaturated/α-hetero) is 1. The Morgan fingerprint density at radius 1 is 1.07 bits per heavy atom. The largest absolute Gasteiger partial charge is 0.494 e. The Morgan fingerprint density at radius 3 is 2.41 bits per heavy atom. The topological polar surface area (TPSA) is 57.0 Å². The summed E-state index contributed by atoms with van der Waals surface area (Å²) in [4.78, 5) is 12.8. The van der Waals surface area contributed by atoms with Crippen molar-refractivity contribution < 1.29 is 9.53 Å². The molecule has 27 heavy (non-hydrogen) atoms. The molecule has 0 radical (unpaired) electrons. The SMILES string of the molecule is CCOc1ccc(C(=O)C(C)Sc2nnc(-c3ccccc3)n2CC)cc1. The molecule has 0 amide bonds. The number of carbonyl (C=O) groups excluding carboxylic acids is 1. The van der Waals surface area contributed by atoms with Gasteiger partial charge in [0.05, 0.1) is 11.9 Å². The number of carbonyl (C=O) groups is 1. The molecule has 0 spiro atoms. The fourth-order valence-electron chi connectivity index (χ4n) is 2.79. The molecule has 0 saturated carbocycles. The standard InChI is InChI=1S/C21H23N3O2S/c1-4-24-20(17-9-7-6-8-10-17)22-23-21(24)27-15(3)19(25)16-11-13-18(14-12-16)26-5-2/h6-15H,4-5H2,1-3H3. The molecule has 0 fully saturated rings. The fraction of sp³-hybridized carbons (Fsp3) is 0.286. The predicted octanol–water partition coefficient (Wildman–Crippen LogP) is 4.73. The van der Waals surface area contributed by atoms with Gasteiger partial charge in [0.2, 0.25) is 0 Å². The van der Waals surface area contributed by atoms with Crippen LogP contribution >= 0.6 is 11.8 Å². The molecule has 0 N–H and O–H groups in total. The van der Waals surface area contributed by atoms with E-state index in [0.29, 0.717) is 12.2 Å². The van der Waals surface area contributed by atoms with Crippen LogP contribution in [0.1, 0.15) is 31.1 Å². The first-order valence-electron chi connectivity index (χ1n) is 9.06. The summed E-state index contributed by atoms with van der Waals surface area (Å²) in [6.45, 7) is 7.24. The minimum absolute atomic E-state index is 0.0648. The third-order valence-corrected chi connectivity index (χ3v) is 5.25. The smallest absolute Gasteiger partial charge is 0.192 e. The Balaban J connectivity index is 1.76. The average Bonchev–Trinajstić information content (AvgIpc) is 3.11. The molecular weight excluding hydrogens is 358 g/mol. The maximum absolute atomic E-state index is 12.8. The van der Waals surface area contributed by atoms with Crippen molar-refractivity contribution in [3.63, 3.8) is 0 Å². The van der Waals surface area contributed by atoms with Gasteiger partial charge in [0.1, 0.15) is 5.75 Å². The van der Waals surface area contributed by atoms with Crippen LogP contribution in [0, 0.1) is 0 Å². The number of hydrogen-bond donors (Lipinski definition) is 0. The third kappa shape index (κ3) is 4.39. The van der Waals surface area contributed by atoms with Gasteiger partial charge in [-0.3, -0.25) is 4.79 Å². The second-order valence-corrected chi connectivity index (χ2v) is 7.31. The lowest BCUT2D eigenvalue weighted by atomic mass is 10.1. The van der Waals surface area contributed by atoms with Crippen molar-refractivity contribution >= 4 is 17.5 Å². The zero-order valence-electron chi connectivity index (χ0n) is 15.8. The number of rotatable bonds is 8. The molecule has 1 aromatic heterocycles. The van der Waals surface area contributed by atoms with Gasteiger partial charge in [-0.25, -0.2) is 0 Å². The zero-order valence-corrected chi connectivity index (χ0v) is 16.6. The van der Waals surface area contributed by atoms with Crippen LogP contribution < -0.4 is 4.74 Å². The lowest BCUT2D eigenvalue weighted by molar-refractivity contribution is 0.0994. The highest BCUT2D eigenvalue weighted by Gasteiger charge is 2.21. The quantitative estimate of drug-likeness (QED) is 0.417. The van der Waals surface area contributed by atoms with Gasteiger partial charge < -0.3 is 9.30 Å². The maximum atomic E-state index is 12.8. The van der Waals surface area contributed by atoms with Crippen LogP contribution in [0.25, 0.3) is 11.4 Å². The van der Waals surface area contributed by atoms with Crippen molar-refractivity contribution in [1.82, 2.24) is 14.8 Å². The van der Waals surface area contributed by atoms with Crippen molar-refractivity contribution in [1.29, 1.82) is 0 Å². The molecule has 0 saturated heterocycles. The van der Waals surface area contributed by atoms with Crippen molar-refractivity contribution in [3.8, 4) is 17.1 Å². The fourth-order valence-corrected chi connectivity index (χ4v) is 3.78. The molecule has 3 rings (SSSR count). The minimum Gasteiger partial charge on any atom is -0.494 e. The number of nitrogens with zero attached hydrogens (tertiary/aromatic N) is 3.